The molecular weight excluding hydrogens is 348 g/mol. The molecule has 2 heterocycles. The number of aryl methyl sites for hydroxylation is 2. The summed E-state index contributed by atoms with van der Waals surface area (Å²) in [5.74, 6) is 0.679. The van der Waals surface area contributed by atoms with Crippen molar-refractivity contribution in [1.82, 2.24) is 13.9 Å². The summed E-state index contributed by atoms with van der Waals surface area (Å²) >= 11 is 6.06. The first-order valence-electron chi connectivity index (χ1n) is 7.81. The number of imidazole rings is 1. The van der Waals surface area contributed by atoms with Gasteiger partial charge in [0.1, 0.15) is 5.82 Å². The van der Waals surface area contributed by atoms with E-state index in [1.807, 2.05) is 31.2 Å². The Morgan fingerprint density at radius 2 is 2.04 bits per heavy atom. The second kappa shape index (κ2) is 6.38. The summed E-state index contributed by atoms with van der Waals surface area (Å²) < 4.78 is 29.0. The molecule has 0 radical (unpaired) electrons. The number of benzene rings is 1. The number of hydrogen-bond donors (Lipinski definition) is 0. The van der Waals surface area contributed by atoms with Crippen molar-refractivity contribution in [1.29, 1.82) is 0 Å². The van der Waals surface area contributed by atoms with Gasteiger partial charge < -0.3 is 9.47 Å². The van der Waals surface area contributed by atoms with E-state index in [9.17, 15) is 8.42 Å². The van der Waals surface area contributed by atoms with Crippen molar-refractivity contribution < 1.29 is 8.42 Å². The second-order valence-electron chi connectivity index (χ2n) is 6.13. The van der Waals surface area contributed by atoms with Gasteiger partial charge in [0.25, 0.3) is 10.0 Å². The molecule has 0 bridgehead atoms. The van der Waals surface area contributed by atoms with Crippen molar-refractivity contribution >= 4 is 27.3 Å². The Morgan fingerprint density at radius 3 is 2.62 bits per heavy atom. The molecule has 0 spiro atoms. The van der Waals surface area contributed by atoms with Crippen molar-refractivity contribution in [2.45, 2.75) is 24.9 Å². The Labute approximate surface area is 147 Å². The number of aromatic nitrogens is 2. The Balaban J connectivity index is 1.80. The van der Waals surface area contributed by atoms with E-state index >= 15 is 0 Å². The molecule has 1 aliphatic heterocycles. The second-order valence-corrected chi connectivity index (χ2v) is 8.40. The van der Waals surface area contributed by atoms with Gasteiger partial charge in [-0.1, -0.05) is 17.7 Å². The van der Waals surface area contributed by atoms with E-state index in [2.05, 4.69) is 9.88 Å². The van der Waals surface area contributed by atoms with Gasteiger partial charge in [-0.3, -0.25) is 0 Å². The maximum atomic E-state index is 12.9. The summed E-state index contributed by atoms with van der Waals surface area (Å²) in [7, 11) is -1.78. The van der Waals surface area contributed by atoms with Gasteiger partial charge in [0, 0.05) is 49.6 Å². The van der Waals surface area contributed by atoms with Gasteiger partial charge in [-0.25, -0.2) is 13.4 Å². The van der Waals surface area contributed by atoms with Crippen molar-refractivity contribution in [3.8, 4) is 0 Å². The van der Waals surface area contributed by atoms with Crippen LogP contribution in [0.15, 0.2) is 35.5 Å². The maximum Gasteiger partial charge on any atom is 0.262 e. The third-order valence-corrected chi connectivity index (χ3v) is 6.52. The first kappa shape index (κ1) is 17.3. The largest absolute Gasteiger partial charge is 0.369 e. The fourth-order valence-corrected chi connectivity index (χ4v) is 4.80. The molecule has 0 amide bonds. The Kier molecular flexibility index (Phi) is 4.59. The van der Waals surface area contributed by atoms with E-state index < -0.39 is 10.0 Å². The third kappa shape index (κ3) is 3.16. The quantitative estimate of drug-likeness (QED) is 0.834. The lowest BCUT2D eigenvalue weighted by Crippen LogP contribution is -2.54. The average Bonchev–Trinajstić information content (AvgIpc) is 2.87. The molecule has 1 fully saturated rings. The summed E-state index contributed by atoms with van der Waals surface area (Å²) in [6, 6.07) is 7.48. The van der Waals surface area contributed by atoms with Crippen LogP contribution in [-0.4, -0.2) is 48.0 Å². The molecule has 8 heteroatoms. The van der Waals surface area contributed by atoms with Gasteiger partial charge in [0.15, 0.2) is 5.03 Å². The van der Waals surface area contributed by atoms with Crippen LogP contribution in [0.4, 0.5) is 5.69 Å². The van der Waals surface area contributed by atoms with Gasteiger partial charge in [0.2, 0.25) is 0 Å². The summed E-state index contributed by atoms with van der Waals surface area (Å²) in [5, 5.41) is 0.796. The minimum Gasteiger partial charge on any atom is -0.369 e. The Hall–Kier alpha value is -1.57. The van der Waals surface area contributed by atoms with E-state index in [1.54, 1.807) is 24.7 Å². The highest BCUT2D eigenvalue weighted by Crippen LogP contribution is 2.25. The van der Waals surface area contributed by atoms with Crippen molar-refractivity contribution in [3.05, 3.63) is 41.3 Å². The highest BCUT2D eigenvalue weighted by Gasteiger charge is 2.35. The zero-order valence-corrected chi connectivity index (χ0v) is 15.5. The van der Waals surface area contributed by atoms with E-state index in [1.165, 1.54) is 4.31 Å². The van der Waals surface area contributed by atoms with Crippen molar-refractivity contribution in [2.75, 3.05) is 24.5 Å². The van der Waals surface area contributed by atoms with Crippen LogP contribution in [0, 0.1) is 6.92 Å². The third-order valence-electron chi connectivity index (χ3n) is 4.40. The molecule has 6 nitrogen and oxygen atoms in total. The minimum absolute atomic E-state index is 0.116. The number of nitrogens with zero attached hydrogens (tertiary/aromatic N) is 4. The van der Waals surface area contributed by atoms with Crippen molar-refractivity contribution in [2.24, 2.45) is 7.05 Å². The van der Waals surface area contributed by atoms with Crippen LogP contribution in [0.2, 0.25) is 5.02 Å². The van der Waals surface area contributed by atoms with E-state index in [0.717, 1.165) is 5.69 Å². The maximum absolute atomic E-state index is 12.9. The number of halogens is 1. The van der Waals surface area contributed by atoms with Crippen LogP contribution in [0.5, 0.6) is 0 Å². The number of piperazine rings is 1. The lowest BCUT2D eigenvalue weighted by Gasteiger charge is -2.39. The van der Waals surface area contributed by atoms with Crippen LogP contribution in [-0.2, 0) is 17.1 Å². The predicted octanol–water partition coefficient (Wildman–Crippen LogP) is 2.28. The Morgan fingerprint density at radius 1 is 1.29 bits per heavy atom. The molecule has 130 valence electrons. The van der Waals surface area contributed by atoms with Gasteiger partial charge in [-0.15, -0.1) is 0 Å². The summed E-state index contributed by atoms with van der Waals surface area (Å²) in [6.07, 6.45) is 1.57. The zero-order chi connectivity index (χ0) is 17.5. The van der Waals surface area contributed by atoms with Crippen LogP contribution in [0.25, 0.3) is 0 Å². The standard InChI is InChI=1S/C16H21ClN4O2S/c1-12-10-20(15-6-4-5-14(17)9-15)7-8-21(12)24(22,23)16-11-19(3)13(2)18-16/h4-6,9,11-12H,7-8,10H2,1-3H3/t12-/m1/s1. The van der Waals surface area contributed by atoms with Crippen LogP contribution >= 0.6 is 11.6 Å². The fourth-order valence-electron chi connectivity index (χ4n) is 2.98. The fraction of sp³-hybridized carbons (Fsp3) is 0.438. The summed E-state index contributed by atoms with van der Waals surface area (Å²) in [4.78, 5) is 6.34. The van der Waals surface area contributed by atoms with Crippen molar-refractivity contribution in [3.63, 3.8) is 0 Å². The molecular formula is C16H21ClN4O2S. The molecule has 2 aromatic rings. The first-order chi connectivity index (χ1) is 11.3. The molecule has 0 saturated carbocycles. The zero-order valence-electron chi connectivity index (χ0n) is 14.0. The number of hydrogen-bond acceptors (Lipinski definition) is 4. The van der Waals surface area contributed by atoms with Gasteiger partial charge in [-0.2, -0.15) is 4.31 Å². The topological polar surface area (TPSA) is 58.4 Å². The van der Waals surface area contributed by atoms with Gasteiger partial charge in [-0.05, 0) is 32.0 Å². The lowest BCUT2D eigenvalue weighted by atomic mass is 10.2. The van der Waals surface area contributed by atoms with E-state index in [-0.39, 0.29) is 11.1 Å². The molecule has 3 rings (SSSR count). The highest BCUT2D eigenvalue weighted by atomic mass is 35.5. The minimum atomic E-state index is -3.58. The summed E-state index contributed by atoms with van der Waals surface area (Å²) in [6.45, 7) is 5.37. The van der Waals surface area contributed by atoms with E-state index in [4.69, 9.17) is 11.6 Å². The molecule has 0 aliphatic carbocycles. The molecule has 1 aromatic carbocycles. The number of sulfonamides is 1. The van der Waals surface area contributed by atoms with Gasteiger partial charge >= 0.3 is 0 Å². The molecule has 1 aromatic heterocycles. The van der Waals surface area contributed by atoms with Gasteiger partial charge in [0.05, 0.1) is 0 Å². The predicted molar refractivity (Wildman–Crippen MR) is 95.0 cm³/mol. The highest BCUT2D eigenvalue weighted by molar-refractivity contribution is 7.89. The Bertz CT molecular complexity index is 830. The van der Waals surface area contributed by atoms with Crippen LogP contribution < -0.4 is 4.90 Å². The number of anilines is 1. The normalized spacial score (nSPS) is 19.7. The van der Waals surface area contributed by atoms with Crippen LogP contribution in [0.3, 0.4) is 0 Å². The molecule has 0 unspecified atom stereocenters. The smallest absolute Gasteiger partial charge is 0.262 e. The summed E-state index contributed by atoms with van der Waals surface area (Å²) in [5.41, 5.74) is 1.01. The average molecular weight is 369 g/mol. The molecule has 1 aliphatic rings. The lowest BCUT2D eigenvalue weighted by molar-refractivity contribution is 0.306. The SMILES string of the molecule is Cc1nc(S(=O)(=O)N2CCN(c3cccc(Cl)c3)C[C@H]2C)cn1C. The molecule has 1 saturated heterocycles. The first-order valence-corrected chi connectivity index (χ1v) is 9.63. The molecule has 1 atom stereocenters. The number of rotatable bonds is 3. The van der Waals surface area contributed by atoms with E-state index in [0.29, 0.717) is 30.5 Å². The molecule has 0 N–H and O–H groups in total. The molecule has 24 heavy (non-hydrogen) atoms. The van der Waals surface area contributed by atoms with Crippen LogP contribution in [0.1, 0.15) is 12.7 Å². The monoisotopic (exact) mass is 368 g/mol.